The molecule has 2 rings (SSSR count). The van der Waals surface area contributed by atoms with Crippen LogP contribution >= 0.6 is 15.9 Å². The highest BCUT2D eigenvalue weighted by molar-refractivity contribution is 9.10. The Hall–Kier alpha value is -0.700. The number of ether oxygens (including phenoxy) is 1. The van der Waals surface area contributed by atoms with Gasteiger partial charge in [-0.25, -0.2) is 8.42 Å². The summed E-state index contributed by atoms with van der Waals surface area (Å²) in [6.45, 7) is 2.41. The third-order valence-corrected chi connectivity index (χ3v) is 5.56. The van der Waals surface area contributed by atoms with Gasteiger partial charge in [0.2, 0.25) is 10.0 Å². The van der Waals surface area contributed by atoms with Crippen molar-refractivity contribution in [2.75, 3.05) is 40.3 Å². The van der Waals surface area contributed by atoms with Crippen molar-refractivity contribution in [3.8, 4) is 5.75 Å². The van der Waals surface area contributed by atoms with E-state index in [4.69, 9.17) is 4.74 Å². The van der Waals surface area contributed by atoms with Gasteiger partial charge in [-0.15, -0.1) is 0 Å². The summed E-state index contributed by atoms with van der Waals surface area (Å²) in [5, 5.41) is 0. The minimum atomic E-state index is -3.56. The molecule has 0 unspecified atom stereocenters. The lowest BCUT2D eigenvalue weighted by atomic mass is 10.4. The van der Waals surface area contributed by atoms with Crippen molar-refractivity contribution in [3.63, 3.8) is 0 Å². The first-order chi connectivity index (χ1) is 8.96. The fourth-order valence-electron chi connectivity index (χ4n) is 1.95. The second kappa shape index (κ2) is 5.74. The first-order valence-electron chi connectivity index (χ1n) is 5.83. The number of hydrogen-bond acceptors (Lipinski definition) is 5. The van der Waals surface area contributed by atoms with Crippen molar-refractivity contribution in [3.05, 3.63) is 16.9 Å². The molecule has 1 saturated heterocycles. The van der Waals surface area contributed by atoms with E-state index in [0.717, 1.165) is 13.1 Å². The second-order valence-electron chi connectivity index (χ2n) is 4.36. The molecule has 1 aromatic heterocycles. The van der Waals surface area contributed by atoms with E-state index < -0.39 is 10.0 Å². The van der Waals surface area contributed by atoms with Crippen LogP contribution < -0.4 is 4.74 Å². The summed E-state index contributed by atoms with van der Waals surface area (Å²) in [6.07, 6.45) is 2.85. The van der Waals surface area contributed by atoms with E-state index in [9.17, 15) is 8.42 Å². The van der Waals surface area contributed by atoms with Gasteiger partial charge in [0.05, 0.1) is 17.8 Å². The van der Waals surface area contributed by atoms with Crippen LogP contribution in [0.25, 0.3) is 0 Å². The zero-order valence-corrected chi connectivity index (χ0v) is 13.2. The topological polar surface area (TPSA) is 62.7 Å². The average Bonchev–Trinajstić information content (AvgIpc) is 2.39. The highest BCUT2D eigenvalue weighted by atomic mass is 79.9. The fourth-order valence-corrected chi connectivity index (χ4v) is 4.12. The van der Waals surface area contributed by atoms with Crippen LogP contribution in [0.3, 0.4) is 0 Å². The van der Waals surface area contributed by atoms with E-state index in [0.29, 0.717) is 23.3 Å². The molecule has 1 fully saturated rings. The number of likely N-dealkylation sites (N-methyl/N-ethyl adjacent to an activating group) is 1. The predicted molar refractivity (Wildman–Crippen MR) is 74.7 cm³/mol. The molecule has 1 aliphatic heterocycles. The smallest absolute Gasteiger partial charge is 0.248 e. The molecule has 6 nitrogen and oxygen atoms in total. The van der Waals surface area contributed by atoms with Crippen LogP contribution in [0.15, 0.2) is 21.8 Å². The van der Waals surface area contributed by atoms with E-state index in [2.05, 4.69) is 25.8 Å². The average molecular weight is 350 g/mol. The Balaban J connectivity index is 2.37. The molecule has 19 heavy (non-hydrogen) atoms. The molecular formula is C11H16BrN3O3S. The Morgan fingerprint density at radius 2 is 1.89 bits per heavy atom. The van der Waals surface area contributed by atoms with E-state index in [-0.39, 0.29) is 4.90 Å². The highest BCUT2D eigenvalue weighted by Gasteiger charge is 2.31. The molecule has 1 aliphatic rings. The number of rotatable bonds is 3. The molecule has 0 aliphatic carbocycles. The first kappa shape index (κ1) is 14.7. The quantitative estimate of drug-likeness (QED) is 0.807. The molecule has 0 spiro atoms. The molecule has 0 saturated carbocycles. The number of piperazine rings is 1. The normalized spacial score (nSPS) is 18.5. The van der Waals surface area contributed by atoms with Crippen LogP contribution in [-0.4, -0.2) is 62.9 Å². The van der Waals surface area contributed by atoms with Gasteiger partial charge in [0.1, 0.15) is 4.90 Å². The maximum atomic E-state index is 12.6. The van der Waals surface area contributed by atoms with Crippen molar-refractivity contribution < 1.29 is 13.2 Å². The number of methoxy groups -OCH3 is 1. The number of nitrogens with zero attached hydrogens (tertiary/aromatic N) is 3. The number of aromatic nitrogens is 1. The molecule has 8 heteroatoms. The molecule has 0 radical (unpaired) electrons. The van der Waals surface area contributed by atoms with E-state index in [1.165, 1.54) is 23.8 Å². The largest absolute Gasteiger partial charge is 0.494 e. The Kier molecular flexibility index (Phi) is 4.44. The predicted octanol–water partition coefficient (Wildman–Crippen LogP) is 0.789. The molecule has 0 atom stereocenters. The standard InChI is InChI=1S/C11H16BrN3O3S/c1-14-3-5-15(6-4-14)19(16,17)10-8-13-7-9(12)11(10)18-2/h7-8H,3-6H2,1-2H3. The fraction of sp³-hybridized carbons (Fsp3) is 0.545. The molecule has 0 N–H and O–H groups in total. The summed E-state index contributed by atoms with van der Waals surface area (Å²) < 4.78 is 32.4. The van der Waals surface area contributed by atoms with Gasteiger partial charge in [-0.3, -0.25) is 4.98 Å². The molecule has 2 heterocycles. The summed E-state index contributed by atoms with van der Waals surface area (Å²) in [7, 11) is -0.137. The Bertz CT molecular complexity index is 556. The van der Waals surface area contributed by atoms with Gasteiger partial charge in [-0.05, 0) is 23.0 Å². The van der Waals surface area contributed by atoms with Gasteiger partial charge >= 0.3 is 0 Å². The van der Waals surface area contributed by atoms with Gasteiger partial charge in [0.25, 0.3) is 0 Å². The number of pyridine rings is 1. The summed E-state index contributed by atoms with van der Waals surface area (Å²) in [5.74, 6) is 0.300. The Labute approximate surface area is 121 Å². The van der Waals surface area contributed by atoms with Crippen LogP contribution in [0, 0.1) is 0 Å². The van der Waals surface area contributed by atoms with E-state index in [1.807, 2.05) is 7.05 Å². The molecule has 1 aromatic rings. The van der Waals surface area contributed by atoms with Crippen LogP contribution in [-0.2, 0) is 10.0 Å². The van der Waals surface area contributed by atoms with E-state index >= 15 is 0 Å². The lowest BCUT2D eigenvalue weighted by Gasteiger charge is -2.31. The van der Waals surface area contributed by atoms with Gasteiger partial charge in [-0.1, -0.05) is 0 Å². The minimum absolute atomic E-state index is 0.105. The first-order valence-corrected chi connectivity index (χ1v) is 8.06. The van der Waals surface area contributed by atoms with Crippen LogP contribution in [0.4, 0.5) is 0 Å². The van der Waals surface area contributed by atoms with Crippen LogP contribution in [0.2, 0.25) is 0 Å². The van der Waals surface area contributed by atoms with E-state index in [1.54, 1.807) is 0 Å². The van der Waals surface area contributed by atoms with Gasteiger partial charge < -0.3 is 9.64 Å². The lowest BCUT2D eigenvalue weighted by molar-refractivity contribution is 0.222. The van der Waals surface area contributed by atoms with Crippen LogP contribution in [0.1, 0.15) is 0 Å². The van der Waals surface area contributed by atoms with Crippen molar-refractivity contribution in [2.45, 2.75) is 4.90 Å². The Morgan fingerprint density at radius 1 is 1.26 bits per heavy atom. The second-order valence-corrected chi connectivity index (χ2v) is 7.12. The molecule has 0 aromatic carbocycles. The van der Waals surface area contributed by atoms with Crippen molar-refractivity contribution in [1.82, 2.24) is 14.2 Å². The van der Waals surface area contributed by atoms with Gasteiger partial charge in [0, 0.05) is 32.4 Å². The SMILES string of the molecule is COc1c(Br)cncc1S(=O)(=O)N1CCN(C)CC1. The number of sulfonamides is 1. The number of halogens is 1. The molecule has 106 valence electrons. The zero-order chi connectivity index (χ0) is 14.0. The van der Waals surface area contributed by atoms with Crippen molar-refractivity contribution in [2.24, 2.45) is 0 Å². The minimum Gasteiger partial charge on any atom is -0.494 e. The van der Waals surface area contributed by atoms with Crippen molar-refractivity contribution in [1.29, 1.82) is 0 Å². The highest BCUT2D eigenvalue weighted by Crippen LogP contribution is 2.32. The maximum Gasteiger partial charge on any atom is 0.248 e. The lowest BCUT2D eigenvalue weighted by Crippen LogP contribution is -2.47. The Morgan fingerprint density at radius 3 is 2.47 bits per heavy atom. The van der Waals surface area contributed by atoms with Gasteiger partial charge in [0.15, 0.2) is 5.75 Å². The third kappa shape index (κ3) is 2.91. The van der Waals surface area contributed by atoms with Gasteiger partial charge in [-0.2, -0.15) is 4.31 Å². The molecule has 0 bridgehead atoms. The third-order valence-electron chi connectivity index (χ3n) is 3.10. The monoisotopic (exact) mass is 349 g/mol. The summed E-state index contributed by atoms with van der Waals surface area (Å²) in [4.78, 5) is 6.13. The molecular weight excluding hydrogens is 334 g/mol. The summed E-state index contributed by atoms with van der Waals surface area (Å²) >= 11 is 3.25. The van der Waals surface area contributed by atoms with Crippen molar-refractivity contribution >= 4 is 26.0 Å². The zero-order valence-electron chi connectivity index (χ0n) is 10.8. The molecule has 0 amide bonds. The summed E-state index contributed by atoms with van der Waals surface area (Å²) in [5.41, 5.74) is 0. The van der Waals surface area contributed by atoms with Crippen LogP contribution in [0.5, 0.6) is 5.75 Å². The summed E-state index contributed by atoms with van der Waals surface area (Å²) in [6, 6.07) is 0. The number of hydrogen-bond donors (Lipinski definition) is 0. The maximum absolute atomic E-state index is 12.6.